The largest absolute Gasteiger partial charge is 0.352 e. The van der Waals surface area contributed by atoms with Crippen molar-refractivity contribution in [2.45, 2.75) is 21.3 Å². The third kappa shape index (κ3) is 3.41. The first-order valence-corrected chi connectivity index (χ1v) is 9.23. The molecule has 2 aromatic rings. The smallest absolute Gasteiger partial charge is 0.260 e. The van der Waals surface area contributed by atoms with E-state index in [9.17, 15) is 9.59 Å². The van der Waals surface area contributed by atoms with Crippen molar-refractivity contribution in [2.75, 3.05) is 23.8 Å². The number of benzene rings is 2. The predicted molar refractivity (Wildman–Crippen MR) is 118 cm³/mol. The molecule has 2 aliphatic rings. The highest BCUT2D eigenvalue weighted by Gasteiger charge is 2.33. The molecule has 0 saturated carbocycles. The summed E-state index contributed by atoms with van der Waals surface area (Å²) in [7, 11) is 1.69. The number of amides is 1. The maximum Gasteiger partial charge on any atom is 0.260 e. The Morgan fingerprint density at radius 3 is 2.29 bits per heavy atom. The van der Waals surface area contributed by atoms with Crippen LogP contribution in [0.2, 0.25) is 10.0 Å². The zero-order valence-electron chi connectivity index (χ0n) is 15.2. The number of allylic oxidation sites excluding steroid dienone is 2. The van der Waals surface area contributed by atoms with Crippen LogP contribution in [-0.2, 0) is 0 Å². The number of hydrogen-bond donors (Lipinski definition) is 2. The second kappa shape index (κ2) is 8.35. The molecule has 0 atom stereocenters. The molecular weight excluding hydrogens is 397 g/mol. The molecule has 1 amide bonds. The zero-order chi connectivity index (χ0) is 19.9. The first-order valence-electron chi connectivity index (χ1n) is 8.47. The first kappa shape index (κ1) is 22.0. The van der Waals surface area contributed by atoms with Gasteiger partial charge in [-0.25, -0.2) is 0 Å². The summed E-state index contributed by atoms with van der Waals surface area (Å²) in [6.45, 7) is 4.44. The Morgan fingerprint density at radius 2 is 1.68 bits per heavy atom. The van der Waals surface area contributed by atoms with Crippen LogP contribution in [0.5, 0.6) is 0 Å². The van der Waals surface area contributed by atoms with Gasteiger partial charge in [-0.2, -0.15) is 0 Å². The lowest BCUT2D eigenvalue weighted by atomic mass is 9.95. The number of halogens is 2. The van der Waals surface area contributed by atoms with Gasteiger partial charge in [0.15, 0.2) is 0 Å². The molecule has 0 spiro atoms. The van der Waals surface area contributed by atoms with E-state index in [1.807, 2.05) is 13.0 Å². The zero-order valence-corrected chi connectivity index (χ0v) is 16.7. The quantitative estimate of drug-likeness (QED) is 0.609. The maximum atomic E-state index is 12.3. The van der Waals surface area contributed by atoms with Crippen LogP contribution >= 0.6 is 23.2 Å². The lowest BCUT2D eigenvalue weighted by Crippen LogP contribution is -2.37. The fourth-order valence-electron chi connectivity index (χ4n) is 3.14. The number of anilines is 2. The number of nitrogens with zero attached hydrogens (tertiary/aromatic N) is 1. The molecule has 0 unspecified atom stereocenters. The van der Waals surface area contributed by atoms with Gasteiger partial charge in [-0.05, 0) is 48.9 Å². The van der Waals surface area contributed by atoms with Crippen molar-refractivity contribution in [2.24, 2.45) is 5.73 Å². The second-order valence-electron chi connectivity index (χ2n) is 6.16. The predicted octanol–water partition coefficient (Wildman–Crippen LogP) is 5.36. The molecule has 0 radical (unpaired) electrons. The van der Waals surface area contributed by atoms with Crippen LogP contribution in [0.1, 0.15) is 42.0 Å². The number of nitrogens with two attached hydrogens (primary N) is 1. The summed E-state index contributed by atoms with van der Waals surface area (Å²) < 4.78 is 0. The third-order valence-electron chi connectivity index (χ3n) is 4.39. The van der Waals surface area contributed by atoms with E-state index in [-0.39, 0.29) is 19.1 Å². The minimum atomic E-state index is -0.115. The summed E-state index contributed by atoms with van der Waals surface area (Å²) in [6.07, 6.45) is 1.72. The highest BCUT2D eigenvalue weighted by atomic mass is 35.5. The number of nitrogens with one attached hydrogen (secondary N) is 1. The van der Waals surface area contributed by atoms with Gasteiger partial charge in [0.1, 0.15) is 0 Å². The maximum absolute atomic E-state index is 12.3. The van der Waals surface area contributed by atoms with Crippen LogP contribution < -0.4 is 16.0 Å². The molecule has 0 aliphatic carbocycles. The monoisotopic (exact) mass is 419 g/mol. The van der Waals surface area contributed by atoms with Crippen molar-refractivity contribution in [1.29, 1.82) is 0 Å². The molecule has 7 heteroatoms. The van der Waals surface area contributed by atoms with Gasteiger partial charge >= 0.3 is 0 Å². The van der Waals surface area contributed by atoms with Crippen molar-refractivity contribution < 1.29 is 9.59 Å². The fourth-order valence-corrected chi connectivity index (χ4v) is 3.79. The van der Waals surface area contributed by atoms with Gasteiger partial charge in [0.05, 0.1) is 38.2 Å². The highest BCUT2D eigenvalue weighted by Crippen LogP contribution is 2.43. The van der Waals surface area contributed by atoms with Gasteiger partial charge in [0.2, 0.25) is 5.78 Å². The number of carbonyl (C=O) groups is 2. The van der Waals surface area contributed by atoms with Crippen LogP contribution in [0.4, 0.5) is 11.4 Å². The molecule has 0 aromatic heterocycles. The minimum absolute atomic E-state index is 0. The normalized spacial score (nSPS) is 15.1. The molecule has 148 valence electrons. The lowest BCUT2D eigenvalue weighted by molar-refractivity contribution is 0.0972. The van der Waals surface area contributed by atoms with Gasteiger partial charge in [-0.15, -0.1) is 0 Å². The molecule has 2 heterocycles. The summed E-state index contributed by atoms with van der Waals surface area (Å²) >= 11 is 12.6. The molecule has 0 saturated heterocycles. The van der Waals surface area contributed by atoms with E-state index in [0.717, 1.165) is 23.4 Å². The van der Waals surface area contributed by atoms with E-state index in [0.29, 0.717) is 32.6 Å². The lowest BCUT2D eigenvalue weighted by Gasteiger charge is -2.31. The Kier molecular flexibility index (Phi) is 6.55. The Hall–Kier alpha value is -2.34. The van der Waals surface area contributed by atoms with Crippen molar-refractivity contribution in [3.63, 3.8) is 0 Å². The average molecular weight is 420 g/mol. The van der Waals surface area contributed by atoms with Crippen LogP contribution in [0.25, 0.3) is 11.1 Å². The van der Waals surface area contributed by atoms with Gasteiger partial charge in [-0.3, -0.25) is 9.59 Å². The van der Waals surface area contributed by atoms with Gasteiger partial charge < -0.3 is 16.0 Å². The Bertz CT molecular complexity index is 1000. The van der Waals surface area contributed by atoms with Gasteiger partial charge in [0.25, 0.3) is 5.91 Å². The van der Waals surface area contributed by atoms with E-state index >= 15 is 0 Å². The number of rotatable bonds is 1. The number of carbonyl (C=O) groups excluding carboxylic acids is 2. The van der Waals surface area contributed by atoms with Crippen LogP contribution in [0, 0.1) is 0 Å². The van der Waals surface area contributed by atoms with Gasteiger partial charge in [-0.1, -0.05) is 43.6 Å². The Morgan fingerprint density at radius 1 is 1.11 bits per heavy atom. The van der Waals surface area contributed by atoms with Crippen molar-refractivity contribution in [3.8, 4) is 11.1 Å². The van der Waals surface area contributed by atoms with Crippen molar-refractivity contribution in [1.82, 2.24) is 0 Å². The topological polar surface area (TPSA) is 75.4 Å². The number of hydrogen-bond acceptors (Lipinski definition) is 4. The summed E-state index contributed by atoms with van der Waals surface area (Å²) in [4.78, 5) is 25.7. The second-order valence-corrected chi connectivity index (χ2v) is 6.98. The molecular formula is C21H23Cl2N3O2. The van der Waals surface area contributed by atoms with Crippen molar-refractivity contribution in [3.05, 3.63) is 57.2 Å². The summed E-state index contributed by atoms with van der Waals surface area (Å²) in [5, 5.41) is 3.96. The van der Waals surface area contributed by atoms with Crippen LogP contribution in [0.15, 0.2) is 36.0 Å². The Balaban J connectivity index is 0.000000660. The molecule has 2 aliphatic heterocycles. The number of fused-ring (bicyclic) bond motifs is 2. The van der Waals surface area contributed by atoms with E-state index in [1.54, 1.807) is 38.2 Å². The molecule has 0 bridgehead atoms. The first-order chi connectivity index (χ1) is 12.8. The SMILES string of the molecule is C.C/C=C1/Nc2cc(-c3cc(Cl)c4c(c3)C(=O)N4C)cc(Cl)c2C1=O.CCN. The van der Waals surface area contributed by atoms with E-state index < -0.39 is 0 Å². The molecule has 4 rings (SSSR count). The average Bonchev–Trinajstić information content (AvgIpc) is 2.97. The molecule has 2 aromatic carbocycles. The van der Waals surface area contributed by atoms with E-state index in [2.05, 4.69) is 5.32 Å². The highest BCUT2D eigenvalue weighted by molar-refractivity contribution is 6.39. The fraction of sp³-hybridized carbons (Fsp3) is 0.238. The van der Waals surface area contributed by atoms with Gasteiger partial charge in [0, 0.05) is 7.05 Å². The number of Topliss-reactive ketones (excluding diaryl/α,β-unsaturated/α-hetero) is 1. The standard InChI is InChI=1S/C18H12Cl2N2O2.C2H7N.CH4/c1-3-13-17(23)15-11(19)5-9(7-14(15)21-13)8-4-10-16(12(20)6-8)22(2)18(10)24;1-2-3;/h3-7,21H,1-2H3;2-3H2,1H3;1H4/b13-3+;;. The number of ketones is 1. The van der Waals surface area contributed by atoms with E-state index in [1.165, 1.54) is 4.90 Å². The summed E-state index contributed by atoms with van der Waals surface area (Å²) in [6, 6.07) is 7.17. The summed E-state index contributed by atoms with van der Waals surface area (Å²) in [5.74, 6) is -0.179. The minimum Gasteiger partial charge on any atom is -0.352 e. The summed E-state index contributed by atoms with van der Waals surface area (Å²) in [5.41, 5.74) is 9.40. The Labute approximate surface area is 175 Å². The van der Waals surface area contributed by atoms with Crippen molar-refractivity contribution >= 4 is 46.3 Å². The molecule has 3 N–H and O–H groups in total. The molecule has 0 fully saturated rings. The third-order valence-corrected chi connectivity index (χ3v) is 4.97. The van der Waals surface area contributed by atoms with E-state index in [4.69, 9.17) is 28.9 Å². The van der Waals surface area contributed by atoms with Crippen LogP contribution in [-0.4, -0.2) is 25.3 Å². The molecule has 28 heavy (non-hydrogen) atoms. The molecule has 5 nitrogen and oxygen atoms in total. The van der Waals surface area contributed by atoms with Crippen LogP contribution in [0.3, 0.4) is 0 Å².